The van der Waals surface area contributed by atoms with Crippen LogP contribution in [0.25, 0.3) is 0 Å². The molecule has 0 aliphatic heterocycles. The van der Waals surface area contributed by atoms with Gasteiger partial charge >= 0.3 is 0 Å². The fraction of sp³-hybridized carbons (Fsp3) is 0.400. The molecular weight excluding hydrogens is 206 g/mol. The largest absolute Gasteiger partial charge is 0.382 e. The van der Waals surface area contributed by atoms with E-state index in [1.54, 1.807) is 14.0 Å². The van der Waals surface area contributed by atoms with Crippen molar-refractivity contribution in [3.05, 3.63) is 18.1 Å². The summed E-state index contributed by atoms with van der Waals surface area (Å²) in [6, 6.07) is 1.86. The summed E-state index contributed by atoms with van der Waals surface area (Å²) < 4.78 is 0. The van der Waals surface area contributed by atoms with Crippen LogP contribution in [0.4, 0.5) is 5.82 Å². The topological polar surface area (TPSA) is 95.9 Å². The number of amides is 1. The molecule has 1 aromatic rings. The average molecular weight is 219 g/mol. The highest BCUT2D eigenvalue weighted by atomic mass is 16.2. The van der Waals surface area contributed by atoms with E-state index in [1.165, 1.54) is 17.3 Å². The summed E-state index contributed by atoms with van der Waals surface area (Å²) in [5, 5.41) is 8.54. The number of anilines is 1. The molecule has 0 radical (unpaired) electrons. The Balaban J connectivity index is 2.78. The van der Waals surface area contributed by atoms with Crippen molar-refractivity contribution in [2.45, 2.75) is 19.4 Å². The van der Waals surface area contributed by atoms with Crippen molar-refractivity contribution in [3.63, 3.8) is 0 Å². The molecule has 6 heteroatoms. The van der Waals surface area contributed by atoms with Gasteiger partial charge in [0.1, 0.15) is 11.5 Å². The maximum atomic E-state index is 11.8. The lowest BCUT2D eigenvalue weighted by Gasteiger charge is -2.22. The molecule has 0 aliphatic rings. The van der Waals surface area contributed by atoms with Crippen LogP contribution in [0.3, 0.4) is 0 Å². The van der Waals surface area contributed by atoms with Gasteiger partial charge in [-0.2, -0.15) is 5.26 Å². The van der Waals surface area contributed by atoms with E-state index in [-0.39, 0.29) is 29.9 Å². The van der Waals surface area contributed by atoms with Gasteiger partial charge < -0.3 is 10.6 Å². The van der Waals surface area contributed by atoms with E-state index in [0.717, 1.165) is 0 Å². The molecule has 1 aromatic heterocycles. The molecule has 1 atom stereocenters. The Bertz CT molecular complexity index is 408. The monoisotopic (exact) mass is 219 g/mol. The Labute approximate surface area is 93.7 Å². The molecule has 1 heterocycles. The van der Waals surface area contributed by atoms with Gasteiger partial charge in [-0.1, -0.05) is 0 Å². The van der Waals surface area contributed by atoms with Gasteiger partial charge in [-0.25, -0.2) is 9.97 Å². The summed E-state index contributed by atoms with van der Waals surface area (Å²) in [6.45, 7) is 1.80. The molecule has 2 N–H and O–H groups in total. The number of carbonyl (C=O) groups is 1. The fourth-order valence-corrected chi connectivity index (χ4v) is 1.10. The van der Waals surface area contributed by atoms with E-state index in [2.05, 4.69) is 9.97 Å². The third kappa shape index (κ3) is 2.67. The van der Waals surface area contributed by atoms with Crippen LogP contribution >= 0.6 is 0 Å². The summed E-state index contributed by atoms with van der Waals surface area (Å²) in [7, 11) is 1.63. The number of nitrogen functional groups attached to an aromatic ring is 1. The van der Waals surface area contributed by atoms with Crippen LogP contribution in [-0.4, -0.2) is 33.9 Å². The molecule has 84 valence electrons. The second-order valence-corrected chi connectivity index (χ2v) is 3.45. The number of carbonyl (C=O) groups excluding carboxylic acids is 1. The van der Waals surface area contributed by atoms with Gasteiger partial charge in [0.05, 0.1) is 24.9 Å². The van der Waals surface area contributed by atoms with E-state index in [9.17, 15) is 4.79 Å². The third-order valence-corrected chi connectivity index (χ3v) is 2.26. The zero-order valence-electron chi connectivity index (χ0n) is 9.21. The second-order valence-electron chi connectivity index (χ2n) is 3.45. The summed E-state index contributed by atoms with van der Waals surface area (Å²) >= 11 is 0. The number of rotatable bonds is 3. The molecule has 1 rings (SSSR count). The van der Waals surface area contributed by atoms with Crippen molar-refractivity contribution in [2.75, 3.05) is 12.8 Å². The Morgan fingerprint density at radius 2 is 2.31 bits per heavy atom. The summed E-state index contributed by atoms with van der Waals surface area (Å²) in [6.07, 6.45) is 2.94. The number of aromatic nitrogens is 2. The Hall–Kier alpha value is -2.16. The first-order valence-corrected chi connectivity index (χ1v) is 4.78. The van der Waals surface area contributed by atoms with Crippen molar-refractivity contribution in [1.29, 1.82) is 5.26 Å². The summed E-state index contributed by atoms with van der Waals surface area (Å²) in [4.78, 5) is 21.0. The lowest BCUT2D eigenvalue weighted by molar-refractivity contribution is 0.0740. The highest BCUT2D eigenvalue weighted by Gasteiger charge is 2.18. The predicted molar refractivity (Wildman–Crippen MR) is 58.2 cm³/mol. The van der Waals surface area contributed by atoms with Gasteiger partial charge in [0, 0.05) is 13.1 Å². The van der Waals surface area contributed by atoms with Gasteiger partial charge in [0.15, 0.2) is 0 Å². The van der Waals surface area contributed by atoms with Crippen molar-refractivity contribution in [1.82, 2.24) is 14.9 Å². The van der Waals surface area contributed by atoms with Crippen molar-refractivity contribution in [3.8, 4) is 6.07 Å². The lowest BCUT2D eigenvalue weighted by atomic mass is 10.2. The quantitative estimate of drug-likeness (QED) is 0.795. The van der Waals surface area contributed by atoms with E-state index < -0.39 is 0 Å². The van der Waals surface area contributed by atoms with E-state index >= 15 is 0 Å². The first-order chi connectivity index (χ1) is 7.56. The van der Waals surface area contributed by atoms with Gasteiger partial charge in [0.25, 0.3) is 5.91 Å². The summed E-state index contributed by atoms with van der Waals surface area (Å²) in [5.74, 6) is -0.000439. The van der Waals surface area contributed by atoms with Crippen LogP contribution in [0, 0.1) is 11.3 Å². The van der Waals surface area contributed by atoms with E-state index in [0.29, 0.717) is 0 Å². The third-order valence-electron chi connectivity index (χ3n) is 2.26. The predicted octanol–water partition coefficient (Wildman–Crippen LogP) is 0.433. The first kappa shape index (κ1) is 11.9. The molecule has 0 saturated carbocycles. The van der Waals surface area contributed by atoms with Crippen LogP contribution in [0.2, 0.25) is 0 Å². The number of nitriles is 1. The molecule has 0 aliphatic carbocycles. The molecule has 1 amide bonds. The van der Waals surface area contributed by atoms with Gasteiger partial charge in [-0.15, -0.1) is 0 Å². The van der Waals surface area contributed by atoms with Crippen LogP contribution in [0.5, 0.6) is 0 Å². The molecule has 0 bridgehead atoms. The Morgan fingerprint density at radius 3 is 2.81 bits per heavy atom. The highest BCUT2D eigenvalue weighted by Crippen LogP contribution is 2.06. The van der Waals surface area contributed by atoms with Crippen molar-refractivity contribution >= 4 is 11.7 Å². The number of hydrogen-bond donors (Lipinski definition) is 1. The van der Waals surface area contributed by atoms with Gasteiger partial charge in [-0.05, 0) is 6.92 Å². The van der Waals surface area contributed by atoms with Crippen LogP contribution in [-0.2, 0) is 0 Å². The average Bonchev–Trinajstić information content (AvgIpc) is 2.28. The number of nitrogens with two attached hydrogens (primary N) is 1. The smallest absolute Gasteiger partial charge is 0.274 e. The maximum absolute atomic E-state index is 11.8. The standard InChI is InChI=1S/C10H13N5O/c1-7(3-4-11)15(2)10(16)8-5-14-9(12)6-13-8/h5-7H,3H2,1-2H3,(H2,12,14). The second kappa shape index (κ2) is 5.07. The van der Waals surface area contributed by atoms with E-state index in [4.69, 9.17) is 11.0 Å². The van der Waals surface area contributed by atoms with Crippen LogP contribution < -0.4 is 5.73 Å². The van der Waals surface area contributed by atoms with Crippen LogP contribution in [0.15, 0.2) is 12.4 Å². The minimum absolute atomic E-state index is 0.156. The van der Waals surface area contributed by atoms with Gasteiger partial charge in [-0.3, -0.25) is 4.79 Å². The molecule has 0 spiro atoms. The number of hydrogen-bond acceptors (Lipinski definition) is 5. The molecule has 16 heavy (non-hydrogen) atoms. The van der Waals surface area contributed by atoms with Gasteiger partial charge in [0.2, 0.25) is 0 Å². The number of nitrogens with zero attached hydrogens (tertiary/aromatic N) is 4. The molecular formula is C10H13N5O. The zero-order chi connectivity index (χ0) is 12.1. The Kier molecular flexibility index (Phi) is 3.78. The zero-order valence-corrected chi connectivity index (χ0v) is 9.21. The van der Waals surface area contributed by atoms with Crippen molar-refractivity contribution in [2.24, 2.45) is 0 Å². The van der Waals surface area contributed by atoms with Crippen LogP contribution in [0.1, 0.15) is 23.8 Å². The van der Waals surface area contributed by atoms with Crippen molar-refractivity contribution < 1.29 is 4.79 Å². The summed E-state index contributed by atoms with van der Waals surface area (Å²) in [5.41, 5.74) is 5.59. The SMILES string of the molecule is CC(CC#N)N(C)C(=O)c1cnc(N)cn1. The fourth-order valence-electron chi connectivity index (χ4n) is 1.10. The lowest BCUT2D eigenvalue weighted by Crippen LogP contribution is -2.35. The minimum atomic E-state index is -0.268. The first-order valence-electron chi connectivity index (χ1n) is 4.78. The molecule has 0 fully saturated rings. The highest BCUT2D eigenvalue weighted by molar-refractivity contribution is 5.92. The minimum Gasteiger partial charge on any atom is -0.382 e. The maximum Gasteiger partial charge on any atom is 0.274 e. The molecule has 0 saturated heterocycles. The molecule has 6 nitrogen and oxygen atoms in total. The normalized spacial score (nSPS) is 11.6. The van der Waals surface area contributed by atoms with E-state index in [1.807, 2.05) is 6.07 Å². The molecule has 0 aromatic carbocycles. The molecule has 1 unspecified atom stereocenters. The Morgan fingerprint density at radius 1 is 1.62 bits per heavy atom.